The molecule has 2 aromatic rings. The van der Waals surface area contributed by atoms with Gasteiger partial charge in [0.2, 0.25) is 0 Å². The highest BCUT2D eigenvalue weighted by Gasteiger charge is 2.10. The van der Waals surface area contributed by atoms with Crippen molar-refractivity contribution in [2.24, 2.45) is 0 Å². The van der Waals surface area contributed by atoms with Gasteiger partial charge in [0.1, 0.15) is 11.4 Å². The summed E-state index contributed by atoms with van der Waals surface area (Å²) in [5.74, 6) is 0.750. The summed E-state index contributed by atoms with van der Waals surface area (Å²) in [7, 11) is 1.60. The minimum Gasteiger partial charge on any atom is -0.497 e. The number of aryl methyl sites for hydroxylation is 1. The molecule has 0 aliphatic carbocycles. The molecule has 0 spiro atoms. The molecule has 0 saturated carbocycles. The molecule has 0 atom stereocenters. The van der Waals surface area contributed by atoms with Crippen molar-refractivity contribution in [2.75, 3.05) is 7.11 Å². The number of ether oxygens (including phenoxy) is 1. The van der Waals surface area contributed by atoms with Crippen LogP contribution >= 0.6 is 0 Å². The van der Waals surface area contributed by atoms with Crippen LogP contribution in [0.25, 0.3) is 11.3 Å². The van der Waals surface area contributed by atoms with Crippen LogP contribution in [0.15, 0.2) is 30.5 Å². The van der Waals surface area contributed by atoms with Crippen LogP contribution < -0.4 is 4.74 Å². The Morgan fingerprint density at radius 1 is 1.42 bits per heavy atom. The molecule has 1 aromatic carbocycles. The smallest absolute Gasteiger partial charge is 0.153 e. The fourth-order valence-electron chi connectivity index (χ4n) is 1.78. The molecule has 2 rings (SSSR count). The van der Waals surface area contributed by atoms with E-state index in [1.54, 1.807) is 18.0 Å². The molecule has 1 heterocycles. The molecular formula is C14H13N3O2. The lowest BCUT2D eigenvalue weighted by atomic mass is 10.1. The van der Waals surface area contributed by atoms with Crippen LogP contribution in [-0.2, 0) is 6.54 Å². The quantitative estimate of drug-likeness (QED) is 0.769. The van der Waals surface area contributed by atoms with Gasteiger partial charge in [-0.25, -0.2) is 0 Å². The summed E-state index contributed by atoms with van der Waals surface area (Å²) in [5, 5.41) is 12.9. The molecule has 0 saturated heterocycles. The highest BCUT2D eigenvalue weighted by atomic mass is 16.5. The van der Waals surface area contributed by atoms with Crippen LogP contribution in [0.1, 0.15) is 16.8 Å². The number of nitrogens with zero attached hydrogens (tertiary/aromatic N) is 3. The molecule has 19 heavy (non-hydrogen) atoms. The zero-order valence-electron chi connectivity index (χ0n) is 10.5. The van der Waals surface area contributed by atoms with Gasteiger partial charge in [-0.2, -0.15) is 10.4 Å². The zero-order valence-corrected chi connectivity index (χ0v) is 10.5. The van der Waals surface area contributed by atoms with Gasteiger partial charge in [-0.05, 0) is 24.3 Å². The fraction of sp³-hybridized carbons (Fsp3) is 0.214. The molecular weight excluding hydrogens is 242 g/mol. The van der Waals surface area contributed by atoms with Crippen LogP contribution in [0.3, 0.4) is 0 Å². The third kappa shape index (κ3) is 2.80. The molecule has 0 unspecified atom stereocenters. The molecule has 0 aliphatic rings. The van der Waals surface area contributed by atoms with E-state index in [0.717, 1.165) is 17.6 Å². The number of nitriles is 1. The molecule has 5 nitrogen and oxygen atoms in total. The monoisotopic (exact) mass is 255 g/mol. The molecule has 1 aromatic heterocycles. The van der Waals surface area contributed by atoms with Crippen molar-refractivity contribution in [1.29, 1.82) is 5.26 Å². The number of benzene rings is 1. The number of methoxy groups -OCH3 is 1. The summed E-state index contributed by atoms with van der Waals surface area (Å²) in [5.41, 5.74) is 1.98. The third-order valence-electron chi connectivity index (χ3n) is 2.73. The van der Waals surface area contributed by atoms with Crippen molar-refractivity contribution >= 4 is 6.29 Å². The number of rotatable bonds is 5. The van der Waals surface area contributed by atoms with Gasteiger partial charge in [-0.3, -0.25) is 9.48 Å². The Kier molecular flexibility index (Phi) is 3.94. The zero-order chi connectivity index (χ0) is 13.7. The molecule has 0 N–H and O–H groups in total. The van der Waals surface area contributed by atoms with E-state index in [0.29, 0.717) is 24.2 Å². The van der Waals surface area contributed by atoms with Crippen LogP contribution in [0.4, 0.5) is 0 Å². The van der Waals surface area contributed by atoms with E-state index in [-0.39, 0.29) is 0 Å². The van der Waals surface area contributed by atoms with Gasteiger partial charge in [-0.1, -0.05) is 0 Å². The molecule has 96 valence electrons. The van der Waals surface area contributed by atoms with Crippen molar-refractivity contribution in [2.45, 2.75) is 13.0 Å². The van der Waals surface area contributed by atoms with Crippen molar-refractivity contribution in [1.82, 2.24) is 9.78 Å². The van der Waals surface area contributed by atoms with Gasteiger partial charge in [-0.15, -0.1) is 0 Å². The topological polar surface area (TPSA) is 67.9 Å². The van der Waals surface area contributed by atoms with Gasteiger partial charge in [0, 0.05) is 11.8 Å². The fourth-order valence-corrected chi connectivity index (χ4v) is 1.78. The first-order valence-corrected chi connectivity index (χ1v) is 5.82. The Bertz CT molecular complexity index is 609. The summed E-state index contributed by atoms with van der Waals surface area (Å²) >= 11 is 0. The van der Waals surface area contributed by atoms with Crippen LogP contribution in [0.5, 0.6) is 5.75 Å². The normalized spacial score (nSPS) is 9.89. The highest BCUT2D eigenvalue weighted by Crippen LogP contribution is 2.23. The van der Waals surface area contributed by atoms with Crippen molar-refractivity contribution < 1.29 is 9.53 Å². The first kappa shape index (κ1) is 12.8. The number of hydrogen-bond acceptors (Lipinski definition) is 4. The van der Waals surface area contributed by atoms with E-state index < -0.39 is 0 Å². The second-order valence-corrected chi connectivity index (χ2v) is 3.95. The number of aldehydes is 1. The summed E-state index contributed by atoms with van der Waals surface area (Å²) in [6.07, 6.45) is 2.79. The van der Waals surface area contributed by atoms with Crippen LogP contribution in [0.2, 0.25) is 0 Å². The lowest BCUT2D eigenvalue weighted by molar-refractivity contribution is 0.112. The molecule has 0 bridgehead atoms. The Morgan fingerprint density at radius 2 is 2.16 bits per heavy atom. The largest absolute Gasteiger partial charge is 0.497 e. The summed E-state index contributed by atoms with van der Waals surface area (Å²) in [6, 6.07) is 9.39. The van der Waals surface area contributed by atoms with E-state index in [1.165, 1.54) is 0 Å². The maximum Gasteiger partial charge on any atom is 0.153 e. The first-order valence-electron chi connectivity index (χ1n) is 5.82. The number of hydrogen-bond donors (Lipinski definition) is 0. The summed E-state index contributed by atoms with van der Waals surface area (Å²) < 4.78 is 6.71. The SMILES string of the molecule is COc1ccc(-c2nn(CCC#N)cc2C=O)cc1. The number of carbonyl (C=O) groups excluding carboxylic acids is 1. The third-order valence-corrected chi connectivity index (χ3v) is 2.73. The average Bonchev–Trinajstić information content (AvgIpc) is 2.88. The maximum absolute atomic E-state index is 11.1. The number of aromatic nitrogens is 2. The Labute approximate surface area is 111 Å². The van der Waals surface area contributed by atoms with Gasteiger partial charge in [0.05, 0.1) is 31.7 Å². The molecule has 0 radical (unpaired) electrons. The predicted molar refractivity (Wildman–Crippen MR) is 69.8 cm³/mol. The van der Waals surface area contributed by atoms with Crippen molar-refractivity contribution in [3.05, 3.63) is 36.0 Å². The van der Waals surface area contributed by atoms with Gasteiger partial charge in [0.15, 0.2) is 6.29 Å². The van der Waals surface area contributed by atoms with E-state index in [4.69, 9.17) is 10.00 Å². The Hall–Kier alpha value is -2.61. The average molecular weight is 255 g/mol. The molecule has 5 heteroatoms. The molecule has 0 aliphatic heterocycles. The summed E-state index contributed by atoms with van der Waals surface area (Å²) in [4.78, 5) is 11.1. The second kappa shape index (κ2) is 5.83. The first-order chi connectivity index (χ1) is 9.28. The van der Waals surface area contributed by atoms with Gasteiger partial charge >= 0.3 is 0 Å². The Balaban J connectivity index is 2.34. The maximum atomic E-state index is 11.1. The van der Waals surface area contributed by atoms with E-state index in [1.807, 2.05) is 24.3 Å². The lowest BCUT2D eigenvalue weighted by Gasteiger charge is -2.01. The standard InChI is InChI=1S/C14H13N3O2/c1-19-13-5-3-11(4-6-13)14-12(10-18)9-17(16-14)8-2-7-15/h3-6,9-10H,2,8H2,1H3. The minimum atomic E-state index is 0.363. The van der Waals surface area contributed by atoms with Crippen molar-refractivity contribution in [3.63, 3.8) is 0 Å². The van der Waals surface area contributed by atoms with Crippen LogP contribution in [-0.4, -0.2) is 23.2 Å². The number of carbonyl (C=O) groups is 1. The minimum absolute atomic E-state index is 0.363. The van der Waals surface area contributed by atoms with Gasteiger partial charge < -0.3 is 4.74 Å². The lowest BCUT2D eigenvalue weighted by Crippen LogP contribution is -1.97. The summed E-state index contributed by atoms with van der Waals surface area (Å²) in [6.45, 7) is 0.480. The second-order valence-electron chi connectivity index (χ2n) is 3.95. The molecule has 0 fully saturated rings. The van der Waals surface area contributed by atoms with E-state index in [2.05, 4.69) is 11.2 Å². The Morgan fingerprint density at radius 3 is 2.74 bits per heavy atom. The highest BCUT2D eigenvalue weighted by molar-refractivity contribution is 5.85. The van der Waals surface area contributed by atoms with Crippen LogP contribution in [0, 0.1) is 11.3 Å². The van der Waals surface area contributed by atoms with E-state index >= 15 is 0 Å². The molecule has 0 amide bonds. The van der Waals surface area contributed by atoms with Gasteiger partial charge in [0.25, 0.3) is 0 Å². The predicted octanol–water partition coefficient (Wildman–Crippen LogP) is 2.28. The van der Waals surface area contributed by atoms with E-state index in [9.17, 15) is 4.79 Å². The van der Waals surface area contributed by atoms with Crippen molar-refractivity contribution in [3.8, 4) is 23.1 Å².